The van der Waals surface area contributed by atoms with Gasteiger partial charge in [0.05, 0.1) is 15.1 Å². The van der Waals surface area contributed by atoms with Crippen molar-refractivity contribution in [2.24, 2.45) is 0 Å². The van der Waals surface area contributed by atoms with Crippen molar-refractivity contribution < 1.29 is 0 Å². The Bertz CT molecular complexity index is 272. The Morgan fingerprint density at radius 2 is 1.45 bits per heavy atom. The summed E-state index contributed by atoms with van der Waals surface area (Å²) in [6.07, 6.45) is 0.482. The molecule has 1 aliphatic rings. The van der Waals surface area contributed by atoms with E-state index in [-0.39, 0.29) is 5.03 Å². The van der Waals surface area contributed by atoms with E-state index in [1.807, 2.05) is 0 Å². The standard InChI is InChI=1S/C7H4Cl4/c1-3-2-4(8)6(10)7(11)5(3)9/h1-2H2. The van der Waals surface area contributed by atoms with Crippen molar-refractivity contribution in [3.05, 3.63) is 32.3 Å². The van der Waals surface area contributed by atoms with Crippen molar-refractivity contribution in [2.45, 2.75) is 6.42 Å². The maximum Gasteiger partial charge on any atom is 0.0793 e. The predicted molar refractivity (Wildman–Crippen MR) is 51.2 cm³/mol. The van der Waals surface area contributed by atoms with E-state index in [9.17, 15) is 0 Å². The molecule has 0 aliphatic heterocycles. The SMILES string of the molecule is C=C1CC(Cl)=C(Cl)C(Cl)=C1Cl. The van der Waals surface area contributed by atoms with Gasteiger partial charge in [-0.05, 0) is 5.57 Å². The first-order valence-corrected chi connectivity index (χ1v) is 4.33. The smallest absolute Gasteiger partial charge is 0.0793 e. The molecule has 4 heteroatoms. The predicted octanol–water partition coefficient (Wildman–Crippen LogP) is 4.32. The van der Waals surface area contributed by atoms with Crippen LogP contribution in [0.1, 0.15) is 6.42 Å². The summed E-state index contributed by atoms with van der Waals surface area (Å²) in [5.41, 5.74) is 0.700. The molecule has 1 aliphatic carbocycles. The van der Waals surface area contributed by atoms with Crippen LogP contribution in [-0.4, -0.2) is 0 Å². The highest BCUT2D eigenvalue weighted by Gasteiger charge is 2.19. The van der Waals surface area contributed by atoms with Gasteiger partial charge in [-0.2, -0.15) is 0 Å². The number of hydrogen-bond donors (Lipinski definition) is 0. The van der Waals surface area contributed by atoms with Crippen LogP contribution in [0.25, 0.3) is 0 Å². The van der Waals surface area contributed by atoms with E-state index in [0.717, 1.165) is 0 Å². The van der Waals surface area contributed by atoms with E-state index in [2.05, 4.69) is 6.58 Å². The lowest BCUT2D eigenvalue weighted by atomic mass is 10.1. The van der Waals surface area contributed by atoms with Crippen molar-refractivity contribution in [1.29, 1.82) is 0 Å². The van der Waals surface area contributed by atoms with Gasteiger partial charge in [0, 0.05) is 11.5 Å². The summed E-state index contributed by atoms with van der Waals surface area (Å²) in [7, 11) is 0. The summed E-state index contributed by atoms with van der Waals surface area (Å²) in [6, 6.07) is 0. The zero-order valence-corrected chi connectivity index (χ0v) is 8.45. The van der Waals surface area contributed by atoms with E-state index in [0.29, 0.717) is 27.1 Å². The molecule has 0 nitrogen and oxygen atoms in total. The second kappa shape index (κ2) is 3.40. The topological polar surface area (TPSA) is 0 Å². The minimum atomic E-state index is 0.287. The Morgan fingerprint density at radius 3 is 2.00 bits per heavy atom. The van der Waals surface area contributed by atoms with Gasteiger partial charge < -0.3 is 0 Å². The molecule has 0 saturated heterocycles. The molecule has 0 aromatic carbocycles. The summed E-state index contributed by atoms with van der Waals surface area (Å²) in [5.74, 6) is 0. The third kappa shape index (κ3) is 1.75. The number of halogens is 4. The quantitative estimate of drug-likeness (QED) is 0.581. The molecule has 0 amide bonds. The Balaban J connectivity index is 3.18. The number of hydrogen-bond acceptors (Lipinski definition) is 0. The fourth-order valence-electron chi connectivity index (χ4n) is 0.713. The molecular weight excluding hydrogens is 226 g/mol. The first-order chi connectivity index (χ1) is 5.04. The van der Waals surface area contributed by atoms with Gasteiger partial charge in [-0.3, -0.25) is 0 Å². The van der Waals surface area contributed by atoms with Gasteiger partial charge in [0.15, 0.2) is 0 Å². The molecule has 0 fully saturated rings. The van der Waals surface area contributed by atoms with E-state index in [1.165, 1.54) is 0 Å². The van der Waals surface area contributed by atoms with Crippen LogP contribution in [0, 0.1) is 0 Å². The summed E-state index contributed by atoms with van der Waals surface area (Å²) < 4.78 is 0. The number of rotatable bonds is 0. The fraction of sp³-hybridized carbons (Fsp3) is 0.143. The second-order valence-electron chi connectivity index (χ2n) is 2.13. The summed E-state index contributed by atoms with van der Waals surface area (Å²) in [6.45, 7) is 3.68. The first kappa shape index (κ1) is 9.47. The minimum absolute atomic E-state index is 0.287. The van der Waals surface area contributed by atoms with Crippen molar-refractivity contribution >= 4 is 46.4 Å². The lowest BCUT2D eigenvalue weighted by Gasteiger charge is -2.13. The van der Waals surface area contributed by atoms with Crippen molar-refractivity contribution in [2.75, 3.05) is 0 Å². The third-order valence-corrected chi connectivity index (χ3v) is 3.17. The molecular formula is C7H4Cl4. The zero-order valence-electron chi connectivity index (χ0n) is 5.43. The van der Waals surface area contributed by atoms with Gasteiger partial charge in [-0.1, -0.05) is 53.0 Å². The Hall–Kier alpha value is 0.380. The normalized spacial score (nSPS) is 19.8. The molecule has 11 heavy (non-hydrogen) atoms. The molecule has 1 rings (SSSR count). The van der Waals surface area contributed by atoms with E-state index in [1.54, 1.807) is 0 Å². The Morgan fingerprint density at radius 1 is 0.909 bits per heavy atom. The first-order valence-electron chi connectivity index (χ1n) is 2.82. The van der Waals surface area contributed by atoms with Gasteiger partial charge in [-0.15, -0.1) is 0 Å². The van der Waals surface area contributed by atoms with Gasteiger partial charge in [-0.25, -0.2) is 0 Å². The van der Waals surface area contributed by atoms with Gasteiger partial charge in [0.2, 0.25) is 0 Å². The highest BCUT2D eigenvalue weighted by atomic mass is 35.5. The molecule has 0 unspecified atom stereocenters. The van der Waals surface area contributed by atoms with Crippen LogP contribution in [0.4, 0.5) is 0 Å². The Kier molecular flexibility index (Phi) is 2.93. The molecule has 0 aromatic heterocycles. The monoisotopic (exact) mass is 228 g/mol. The van der Waals surface area contributed by atoms with E-state index in [4.69, 9.17) is 46.4 Å². The summed E-state index contributed by atoms with van der Waals surface area (Å²) in [4.78, 5) is 0. The van der Waals surface area contributed by atoms with Gasteiger partial charge in [0.1, 0.15) is 0 Å². The van der Waals surface area contributed by atoms with Crippen LogP contribution < -0.4 is 0 Å². The molecule has 0 heterocycles. The summed E-state index contributed by atoms with van der Waals surface area (Å²) >= 11 is 22.9. The van der Waals surface area contributed by atoms with Crippen molar-refractivity contribution in [3.63, 3.8) is 0 Å². The maximum atomic E-state index is 5.75. The third-order valence-electron chi connectivity index (χ3n) is 1.30. The second-order valence-corrected chi connectivity index (χ2v) is 3.72. The molecule has 0 N–H and O–H groups in total. The van der Waals surface area contributed by atoms with Gasteiger partial charge in [0.25, 0.3) is 0 Å². The molecule has 0 atom stereocenters. The maximum absolute atomic E-state index is 5.75. The molecule has 0 bridgehead atoms. The fourth-order valence-corrected chi connectivity index (χ4v) is 1.64. The van der Waals surface area contributed by atoms with Gasteiger partial charge >= 0.3 is 0 Å². The molecule has 0 saturated carbocycles. The van der Waals surface area contributed by atoms with Crippen molar-refractivity contribution in [1.82, 2.24) is 0 Å². The number of allylic oxidation sites excluding steroid dienone is 5. The summed E-state index contributed by atoms with van der Waals surface area (Å²) in [5, 5.41) is 1.51. The minimum Gasteiger partial charge on any atom is -0.0939 e. The van der Waals surface area contributed by atoms with E-state index < -0.39 is 0 Å². The van der Waals surface area contributed by atoms with E-state index >= 15 is 0 Å². The Labute approximate surface area is 85.1 Å². The van der Waals surface area contributed by atoms with Crippen LogP contribution in [-0.2, 0) is 0 Å². The van der Waals surface area contributed by atoms with Crippen LogP contribution in [0.15, 0.2) is 32.3 Å². The highest BCUT2D eigenvalue weighted by molar-refractivity contribution is 6.52. The van der Waals surface area contributed by atoms with Crippen LogP contribution >= 0.6 is 46.4 Å². The zero-order chi connectivity index (χ0) is 8.59. The van der Waals surface area contributed by atoms with Crippen LogP contribution in [0.2, 0.25) is 0 Å². The molecule has 60 valence electrons. The van der Waals surface area contributed by atoms with Crippen LogP contribution in [0.5, 0.6) is 0 Å². The lowest BCUT2D eigenvalue weighted by Crippen LogP contribution is -1.94. The van der Waals surface area contributed by atoms with Crippen LogP contribution in [0.3, 0.4) is 0 Å². The average Bonchev–Trinajstić information content (AvgIpc) is 1.97. The largest absolute Gasteiger partial charge is 0.0939 e. The highest BCUT2D eigenvalue weighted by Crippen LogP contribution is 2.40. The van der Waals surface area contributed by atoms with Crippen molar-refractivity contribution in [3.8, 4) is 0 Å². The molecule has 0 radical (unpaired) electrons. The average molecular weight is 230 g/mol. The lowest BCUT2D eigenvalue weighted by molar-refractivity contribution is 1.21. The molecule has 0 aromatic rings. The molecule has 0 spiro atoms.